The van der Waals surface area contributed by atoms with E-state index in [1.54, 1.807) is 12.7 Å². The van der Waals surface area contributed by atoms with Gasteiger partial charge in [-0.3, -0.25) is 9.80 Å². The van der Waals surface area contributed by atoms with E-state index in [1.165, 1.54) is 51.6 Å². The fourth-order valence-corrected chi connectivity index (χ4v) is 5.50. The molecule has 0 aromatic carbocycles. The van der Waals surface area contributed by atoms with Gasteiger partial charge in [-0.25, -0.2) is 0 Å². The van der Waals surface area contributed by atoms with Gasteiger partial charge in [-0.2, -0.15) is 0 Å². The molecule has 3 fully saturated rings. The van der Waals surface area contributed by atoms with Crippen LogP contribution in [-0.2, 0) is 9.47 Å². The van der Waals surface area contributed by atoms with Crippen LogP contribution in [0.2, 0.25) is 0 Å². The molecule has 0 aromatic rings. The Balaban J connectivity index is 1.25. The first-order valence-corrected chi connectivity index (χ1v) is 10.3. The maximum absolute atomic E-state index is 5.72. The predicted molar refractivity (Wildman–Crippen MR) is 99.4 cm³/mol. The van der Waals surface area contributed by atoms with Gasteiger partial charge in [0, 0.05) is 52.0 Å². The van der Waals surface area contributed by atoms with Crippen molar-refractivity contribution < 1.29 is 9.47 Å². The lowest BCUT2D eigenvalue weighted by Crippen LogP contribution is -2.54. The van der Waals surface area contributed by atoms with Crippen molar-refractivity contribution >= 4 is 0 Å². The molecular formula is C20H35N3O2. The molecule has 5 heteroatoms. The molecular weight excluding hydrogens is 314 g/mol. The van der Waals surface area contributed by atoms with Crippen LogP contribution in [0.3, 0.4) is 0 Å². The van der Waals surface area contributed by atoms with Gasteiger partial charge in [-0.1, -0.05) is 11.6 Å². The topological polar surface area (TPSA) is 37.0 Å². The summed E-state index contributed by atoms with van der Waals surface area (Å²) in [5.41, 5.74) is 2.20. The third-order valence-electron chi connectivity index (χ3n) is 6.91. The quantitative estimate of drug-likeness (QED) is 0.588. The molecule has 2 atom stereocenters. The van der Waals surface area contributed by atoms with Crippen molar-refractivity contribution in [3.63, 3.8) is 0 Å². The fraction of sp³-hybridized carbons (Fsp3) is 0.900. The lowest BCUT2D eigenvalue weighted by Gasteiger charge is -2.51. The summed E-state index contributed by atoms with van der Waals surface area (Å²) in [6.45, 7) is 8.63. The van der Waals surface area contributed by atoms with Crippen LogP contribution in [0.25, 0.3) is 0 Å². The first-order valence-electron chi connectivity index (χ1n) is 10.3. The van der Waals surface area contributed by atoms with Crippen molar-refractivity contribution in [3.05, 3.63) is 11.6 Å². The van der Waals surface area contributed by atoms with Crippen molar-refractivity contribution in [2.45, 2.75) is 63.9 Å². The minimum Gasteiger partial charge on any atom is -0.343 e. The highest BCUT2D eigenvalue weighted by Crippen LogP contribution is 2.50. The second-order valence-corrected chi connectivity index (χ2v) is 8.45. The van der Waals surface area contributed by atoms with Crippen LogP contribution in [0.15, 0.2) is 11.6 Å². The normalized spacial score (nSPS) is 38.1. The van der Waals surface area contributed by atoms with Crippen LogP contribution in [0.1, 0.15) is 45.4 Å². The number of nitrogens with one attached hydrogen (secondary N) is 1. The molecule has 0 bridgehead atoms. The molecule has 1 N–H and O–H groups in total. The zero-order valence-electron chi connectivity index (χ0n) is 16.0. The van der Waals surface area contributed by atoms with E-state index in [4.69, 9.17) is 9.47 Å². The first-order chi connectivity index (χ1) is 12.2. The number of rotatable bonds is 6. The average Bonchev–Trinajstić information content (AvgIpc) is 3.28. The third kappa shape index (κ3) is 3.67. The van der Waals surface area contributed by atoms with Gasteiger partial charge in [0.2, 0.25) is 6.41 Å². The van der Waals surface area contributed by atoms with E-state index in [0.717, 1.165) is 25.7 Å². The molecule has 1 saturated carbocycles. The monoisotopic (exact) mass is 349 g/mol. The summed E-state index contributed by atoms with van der Waals surface area (Å²) in [7, 11) is 1.76. The third-order valence-corrected chi connectivity index (χ3v) is 6.91. The Morgan fingerprint density at radius 1 is 1.36 bits per heavy atom. The van der Waals surface area contributed by atoms with Crippen LogP contribution in [-0.4, -0.2) is 74.7 Å². The van der Waals surface area contributed by atoms with E-state index in [9.17, 15) is 0 Å². The van der Waals surface area contributed by atoms with E-state index in [0.29, 0.717) is 18.1 Å². The molecule has 0 aromatic heterocycles. The minimum absolute atomic E-state index is 0.150. The highest BCUT2D eigenvalue weighted by molar-refractivity contribution is 5.17. The van der Waals surface area contributed by atoms with Crippen LogP contribution < -0.4 is 5.32 Å². The van der Waals surface area contributed by atoms with Gasteiger partial charge in [-0.15, -0.1) is 0 Å². The summed E-state index contributed by atoms with van der Waals surface area (Å²) in [6.07, 6.45) is 10.3. The van der Waals surface area contributed by atoms with E-state index < -0.39 is 0 Å². The predicted octanol–water partition coefficient (Wildman–Crippen LogP) is 2.19. The number of ether oxygens (including phenoxy) is 2. The molecule has 4 aliphatic rings. The lowest BCUT2D eigenvalue weighted by atomic mass is 9.64. The van der Waals surface area contributed by atoms with E-state index in [2.05, 4.69) is 21.2 Å². The SMILES string of the molecule is CCOC(OC)N1CCC2(CC(N3CC=C([C@@H]4CCCN4)CC3)C2)C1. The second-order valence-electron chi connectivity index (χ2n) is 8.45. The smallest absolute Gasteiger partial charge is 0.218 e. The van der Waals surface area contributed by atoms with E-state index in [1.807, 2.05) is 6.92 Å². The lowest BCUT2D eigenvalue weighted by molar-refractivity contribution is -0.206. The van der Waals surface area contributed by atoms with Gasteiger partial charge in [0.1, 0.15) is 0 Å². The molecule has 1 spiro atoms. The molecule has 2 saturated heterocycles. The fourth-order valence-electron chi connectivity index (χ4n) is 5.50. The van der Waals surface area contributed by atoms with Crippen molar-refractivity contribution in [3.8, 4) is 0 Å². The Morgan fingerprint density at radius 2 is 2.24 bits per heavy atom. The van der Waals surface area contributed by atoms with Crippen LogP contribution in [0.4, 0.5) is 0 Å². The summed E-state index contributed by atoms with van der Waals surface area (Å²) >= 11 is 0. The Labute approximate surface area is 152 Å². The molecule has 3 heterocycles. The van der Waals surface area contributed by atoms with Crippen LogP contribution in [0, 0.1) is 5.41 Å². The summed E-state index contributed by atoms with van der Waals surface area (Å²) in [6, 6.07) is 1.48. The van der Waals surface area contributed by atoms with Gasteiger partial charge >= 0.3 is 0 Å². The summed E-state index contributed by atoms with van der Waals surface area (Å²) in [5.74, 6) is 0. The van der Waals surface area contributed by atoms with Crippen molar-refractivity contribution in [2.75, 3.05) is 46.4 Å². The number of methoxy groups -OCH3 is 1. The molecule has 3 aliphatic heterocycles. The number of hydrogen-bond donors (Lipinski definition) is 1. The molecule has 0 amide bonds. The zero-order chi connectivity index (χ0) is 17.3. The molecule has 142 valence electrons. The second kappa shape index (κ2) is 7.65. The van der Waals surface area contributed by atoms with E-state index in [-0.39, 0.29) is 6.41 Å². The molecule has 4 rings (SSSR count). The van der Waals surface area contributed by atoms with Gasteiger partial charge in [0.25, 0.3) is 0 Å². The zero-order valence-corrected chi connectivity index (χ0v) is 16.0. The summed E-state index contributed by atoms with van der Waals surface area (Å²) in [5, 5.41) is 3.65. The molecule has 5 nitrogen and oxygen atoms in total. The highest BCUT2D eigenvalue weighted by atomic mass is 16.7. The largest absolute Gasteiger partial charge is 0.343 e. The highest BCUT2D eigenvalue weighted by Gasteiger charge is 2.51. The van der Waals surface area contributed by atoms with Gasteiger partial charge in [0.15, 0.2) is 0 Å². The van der Waals surface area contributed by atoms with Crippen molar-refractivity contribution in [2.24, 2.45) is 5.41 Å². The van der Waals surface area contributed by atoms with Gasteiger partial charge < -0.3 is 14.8 Å². The Hall–Kier alpha value is -0.460. The van der Waals surface area contributed by atoms with Crippen LogP contribution >= 0.6 is 0 Å². The molecule has 25 heavy (non-hydrogen) atoms. The van der Waals surface area contributed by atoms with Crippen molar-refractivity contribution in [1.29, 1.82) is 0 Å². The maximum atomic E-state index is 5.72. The van der Waals surface area contributed by atoms with Crippen molar-refractivity contribution in [1.82, 2.24) is 15.1 Å². The number of likely N-dealkylation sites (tertiary alicyclic amines) is 1. The molecule has 0 radical (unpaired) electrons. The Bertz CT molecular complexity index is 483. The minimum atomic E-state index is -0.150. The molecule has 1 aliphatic carbocycles. The number of hydrogen-bond acceptors (Lipinski definition) is 5. The average molecular weight is 350 g/mol. The molecule has 1 unspecified atom stereocenters. The maximum Gasteiger partial charge on any atom is 0.218 e. The van der Waals surface area contributed by atoms with E-state index >= 15 is 0 Å². The standard InChI is InChI=1S/C20H35N3O2/c1-3-25-19(24-2)23-12-8-20(15-23)13-17(14-20)22-10-6-16(7-11-22)18-5-4-9-21-18/h6,17-19,21H,3-5,7-15H2,1-2H3/t17?,18-,19?,20?/m0/s1. The summed E-state index contributed by atoms with van der Waals surface area (Å²) in [4.78, 5) is 5.11. The first kappa shape index (κ1) is 17.9. The Kier molecular flexibility index (Phi) is 5.49. The Morgan fingerprint density at radius 3 is 2.88 bits per heavy atom. The van der Waals surface area contributed by atoms with Gasteiger partial charge in [-0.05, 0) is 57.4 Å². The van der Waals surface area contributed by atoms with Crippen LogP contribution in [0.5, 0.6) is 0 Å². The summed E-state index contributed by atoms with van der Waals surface area (Å²) < 4.78 is 11.2. The van der Waals surface area contributed by atoms with Gasteiger partial charge in [0.05, 0.1) is 0 Å². The number of nitrogens with zero attached hydrogens (tertiary/aromatic N) is 2.